The average molecular weight is 361 g/mol. The van der Waals surface area contributed by atoms with Crippen LogP contribution in [0.4, 0.5) is 0 Å². The summed E-state index contributed by atoms with van der Waals surface area (Å²) in [6, 6.07) is 7.91. The maximum Gasteiger partial charge on any atom is 0.126 e. The molecule has 0 radical (unpaired) electrons. The zero-order chi connectivity index (χ0) is 18.9. The topological polar surface area (TPSA) is 49.7 Å². The molecule has 1 rings (SSSR count). The lowest BCUT2D eigenvalue weighted by molar-refractivity contribution is 0.208. The van der Waals surface area contributed by atoms with Gasteiger partial charge in [0.15, 0.2) is 0 Å². The molecular formula is C23H36O3. The number of para-hydroxylation sites is 1. The number of aliphatic hydroxyl groups excluding tert-OH is 2. The summed E-state index contributed by atoms with van der Waals surface area (Å²) in [6.45, 7) is 3.04. The Balaban J connectivity index is 2.32. The lowest BCUT2D eigenvalue weighted by Gasteiger charge is -2.08. The summed E-state index contributed by atoms with van der Waals surface area (Å²) in [5, 5.41) is 18.8. The Hall–Kier alpha value is -1.58. The second kappa shape index (κ2) is 15.7. The summed E-state index contributed by atoms with van der Waals surface area (Å²) in [6.07, 6.45) is 17.3. The fourth-order valence-corrected chi connectivity index (χ4v) is 2.73. The zero-order valence-electron chi connectivity index (χ0n) is 16.3. The minimum atomic E-state index is -0.365. The van der Waals surface area contributed by atoms with Gasteiger partial charge < -0.3 is 14.9 Å². The van der Waals surface area contributed by atoms with Crippen LogP contribution in [0.5, 0.6) is 5.75 Å². The first-order valence-corrected chi connectivity index (χ1v) is 10.1. The number of aliphatic hydroxyl groups is 2. The van der Waals surface area contributed by atoms with Crippen LogP contribution >= 0.6 is 0 Å². The van der Waals surface area contributed by atoms with E-state index in [1.807, 2.05) is 48.6 Å². The maximum atomic E-state index is 10.0. The van der Waals surface area contributed by atoms with Crippen molar-refractivity contribution in [2.24, 2.45) is 0 Å². The molecule has 1 aromatic rings. The van der Waals surface area contributed by atoms with Crippen LogP contribution in [0.1, 0.15) is 70.3 Å². The van der Waals surface area contributed by atoms with Gasteiger partial charge in [-0.15, -0.1) is 0 Å². The molecule has 1 unspecified atom stereocenters. The van der Waals surface area contributed by atoms with E-state index >= 15 is 0 Å². The molecule has 0 spiro atoms. The van der Waals surface area contributed by atoms with Crippen molar-refractivity contribution in [2.75, 3.05) is 13.2 Å². The molecule has 0 aliphatic heterocycles. The van der Waals surface area contributed by atoms with Gasteiger partial charge in [0.1, 0.15) is 5.75 Å². The molecule has 1 atom stereocenters. The predicted molar refractivity (Wildman–Crippen MR) is 110 cm³/mol. The van der Waals surface area contributed by atoms with E-state index in [9.17, 15) is 5.11 Å². The molecule has 3 heteroatoms. The molecule has 0 aliphatic rings. The summed E-state index contributed by atoms with van der Waals surface area (Å²) in [4.78, 5) is 0. The molecule has 26 heavy (non-hydrogen) atoms. The molecular weight excluding hydrogens is 324 g/mol. The Kier molecular flexibility index (Phi) is 13.5. The molecule has 3 nitrogen and oxygen atoms in total. The van der Waals surface area contributed by atoms with E-state index in [4.69, 9.17) is 9.84 Å². The quantitative estimate of drug-likeness (QED) is 0.320. The first kappa shape index (κ1) is 22.5. The van der Waals surface area contributed by atoms with Crippen molar-refractivity contribution < 1.29 is 14.9 Å². The van der Waals surface area contributed by atoms with Crippen molar-refractivity contribution in [3.8, 4) is 5.75 Å². The molecule has 0 aromatic heterocycles. The van der Waals surface area contributed by atoms with Crippen molar-refractivity contribution in [1.82, 2.24) is 0 Å². The van der Waals surface area contributed by atoms with Gasteiger partial charge in [0.05, 0.1) is 12.7 Å². The molecule has 0 amide bonds. The number of hydrogen-bond acceptors (Lipinski definition) is 3. The molecule has 0 heterocycles. The summed E-state index contributed by atoms with van der Waals surface area (Å²) < 4.78 is 5.77. The van der Waals surface area contributed by atoms with E-state index in [0.717, 1.165) is 37.0 Å². The second-order valence-corrected chi connectivity index (χ2v) is 6.68. The number of hydrogen-bond donors (Lipinski definition) is 2. The van der Waals surface area contributed by atoms with Gasteiger partial charge in [0, 0.05) is 12.2 Å². The maximum absolute atomic E-state index is 10.0. The number of allylic oxidation sites excluding steroid dienone is 2. The SMILES string of the molecule is CCCCCCCCC(O)/C=C/C=C/c1ccccc1OCCCCO. The van der Waals surface area contributed by atoms with Crippen molar-refractivity contribution in [2.45, 2.75) is 70.8 Å². The molecule has 1 aromatic carbocycles. The second-order valence-electron chi connectivity index (χ2n) is 6.68. The van der Waals surface area contributed by atoms with E-state index in [1.54, 1.807) is 0 Å². The first-order valence-electron chi connectivity index (χ1n) is 10.1. The highest BCUT2D eigenvalue weighted by Gasteiger charge is 2.00. The van der Waals surface area contributed by atoms with E-state index in [2.05, 4.69) is 6.92 Å². The fourth-order valence-electron chi connectivity index (χ4n) is 2.73. The highest BCUT2D eigenvalue weighted by molar-refractivity contribution is 5.58. The highest BCUT2D eigenvalue weighted by atomic mass is 16.5. The fraction of sp³-hybridized carbons (Fsp3) is 0.565. The molecule has 0 bridgehead atoms. The Morgan fingerprint density at radius 3 is 2.54 bits per heavy atom. The van der Waals surface area contributed by atoms with Crippen molar-refractivity contribution >= 4 is 6.08 Å². The van der Waals surface area contributed by atoms with Crippen molar-refractivity contribution in [1.29, 1.82) is 0 Å². The van der Waals surface area contributed by atoms with Gasteiger partial charge in [0.25, 0.3) is 0 Å². The average Bonchev–Trinajstić information content (AvgIpc) is 2.66. The van der Waals surface area contributed by atoms with Crippen LogP contribution in [0.25, 0.3) is 6.08 Å². The standard InChI is InChI=1S/C23H36O3/c1-2-3-4-5-6-7-16-22(25)17-10-8-14-21-15-9-11-18-23(21)26-20-13-12-19-24/h8-11,14-15,17-18,22,24-25H,2-7,12-13,16,19-20H2,1H3/b14-8+,17-10+. The normalized spacial score (nSPS) is 12.9. The molecule has 0 fully saturated rings. The van der Waals surface area contributed by atoms with Gasteiger partial charge in [-0.05, 0) is 25.3 Å². The third kappa shape index (κ3) is 11.1. The summed E-state index contributed by atoms with van der Waals surface area (Å²) in [5.41, 5.74) is 1.02. The number of ether oxygens (including phenoxy) is 1. The first-order chi connectivity index (χ1) is 12.8. The summed E-state index contributed by atoms with van der Waals surface area (Å²) >= 11 is 0. The summed E-state index contributed by atoms with van der Waals surface area (Å²) in [7, 11) is 0. The monoisotopic (exact) mass is 360 g/mol. The molecule has 0 saturated carbocycles. The van der Waals surface area contributed by atoms with Gasteiger partial charge >= 0.3 is 0 Å². The van der Waals surface area contributed by atoms with Gasteiger partial charge in [-0.25, -0.2) is 0 Å². The Bertz CT molecular complexity index is 508. The smallest absolute Gasteiger partial charge is 0.126 e. The van der Waals surface area contributed by atoms with Gasteiger partial charge in [-0.3, -0.25) is 0 Å². The third-order valence-corrected chi connectivity index (χ3v) is 4.30. The number of unbranched alkanes of at least 4 members (excludes halogenated alkanes) is 6. The van der Waals surface area contributed by atoms with Crippen LogP contribution in [0.3, 0.4) is 0 Å². The van der Waals surface area contributed by atoms with Crippen LogP contribution < -0.4 is 4.74 Å². The minimum Gasteiger partial charge on any atom is -0.493 e. The van der Waals surface area contributed by atoms with Crippen LogP contribution in [0.2, 0.25) is 0 Å². The molecule has 2 N–H and O–H groups in total. The predicted octanol–water partition coefficient (Wildman–Crippen LogP) is 5.52. The van der Waals surface area contributed by atoms with Crippen LogP contribution in [-0.2, 0) is 0 Å². The van der Waals surface area contributed by atoms with Gasteiger partial charge in [0.2, 0.25) is 0 Å². The zero-order valence-corrected chi connectivity index (χ0v) is 16.3. The van der Waals surface area contributed by atoms with E-state index < -0.39 is 0 Å². The Labute approximate surface area is 159 Å². The van der Waals surface area contributed by atoms with Crippen LogP contribution in [0, 0.1) is 0 Å². The Morgan fingerprint density at radius 2 is 1.73 bits per heavy atom. The summed E-state index contributed by atoms with van der Waals surface area (Å²) in [5.74, 6) is 0.850. The van der Waals surface area contributed by atoms with Gasteiger partial charge in [-0.1, -0.05) is 88.0 Å². The Morgan fingerprint density at radius 1 is 0.962 bits per heavy atom. The molecule has 0 saturated heterocycles. The van der Waals surface area contributed by atoms with Gasteiger partial charge in [-0.2, -0.15) is 0 Å². The lowest BCUT2D eigenvalue weighted by Crippen LogP contribution is -2.01. The molecule has 0 aliphatic carbocycles. The van der Waals surface area contributed by atoms with Crippen molar-refractivity contribution in [3.63, 3.8) is 0 Å². The van der Waals surface area contributed by atoms with E-state index in [1.165, 1.54) is 32.1 Å². The van der Waals surface area contributed by atoms with Crippen LogP contribution in [-0.4, -0.2) is 29.5 Å². The van der Waals surface area contributed by atoms with Crippen LogP contribution in [0.15, 0.2) is 42.5 Å². The van der Waals surface area contributed by atoms with E-state index in [-0.39, 0.29) is 12.7 Å². The number of rotatable bonds is 15. The minimum absolute atomic E-state index is 0.205. The molecule has 146 valence electrons. The third-order valence-electron chi connectivity index (χ3n) is 4.30. The highest BCUT2D eigenvalue weighted by Crippen LogP contribution is 2.20. The number of benzene rings is 1. The largest absolute Gasteiger partial charge is 0.493 e. The van der Waals surface area contributed by atoms with E-state index in [0.29, 0.717) is 6.61 Å². The lowest BCUT2D eigenvalue weighted by atomic mass is 10.1. The van der Waals surface area contributed by atoms with Crippen molar-refractivity contribution in [3.05, 3.63) is 48.1 Å².